The predicted octanol–water partition coefficient (Wildman–Crippen LogP) is 3.63. The van der Waals surface area contributed by atoms with E-state index in [0.717, 1.165) is 24.2 Å². The minimum absolute atomic E-state index is 0.0318. The minimum Gasteiger partial charge on any atom is -0.490 e. The molecule has 2 heterocycles. The molecule has 1 aliphatic rings. The molecule has 31 heavy (non-hydrogen) atoms. The van der Waals surface area contributed by atoms with Crippen molar-refractivity contribution in [3.05, 3.63) is 63.7 Å². The van der Waals surface area contributed by atoms with Gasteiger partial charge in [-0.2, -0.15) is 0 Å². The lowest BCUT2D eigenvalue weighted by Gasteiger charge is -2.18. The van der Waals surface area contributed by atoms with Crippen LogP contribution >= 0.6 is 0 Å². The Morgan fingerprint density at radius 1 is 1.13 bits per heavy atom. The summed E-state index contributed by atoms with van der Waals surface area (Å²) in [6.07, 6.45) is 1.72. The van der Waals surface area contributed by atoms with Gasteiger partial charge in [-0.25, -0.2) is 4.98 Å². The molecule has 4 rings (SSSR count). The lowest BCUT2D eigenvalue weighted by atomic mass is 10.1. The first-order valence-electron chi connectivity index (χ1n) is 10.8. The van der Waals surface area contributed by atoms with Crippen LogP contribution in [0.25, 0.3) is 10.9 Å². The second-order valence-electron chi connectivity index (χ2n) is 7.59. The number of hydrogen-bond donors (Lipinski definition) is 1. The first-order valence-corrected chi connectivity index (χ1v) is 10.8. The number of aryl methyl sites for hydroxylation is 1. The Morgan fingerprint density at radius 2 is 1.90 bits per heavy atom. The summed E-state index contributed by atoms with van der Waals surface area (Å²) in [7, 11) is 0. The number of benzene rings is 2. The molecule has 2 aromatic carbocycles. The van der Waals surface area contributed by atoms with Crippen molar-refractivity contribution < 1.29 is 14.3 Å². The first-order chi connectivity index (χ1) is 15.0. The van der Waals surface area contributed by atoms with E-state index in [1.165, 1.54) is 0 Å². The van der Waals surface area contributed by atoms with E-state index in [9.17, 15) is 9.59 Å². The van der Waals surface area contributed by atoms with Gasteiger partial charge in [-0.3, -0.25) is 14.2 Å². The zero-order valence-corrected chi connectivity index (χ0v) is 18.1. The van der Waals surface area contributed by atoms with Crippen LogP contribution in [-0.2, 0) is 13.0 Å². The van der Waals surface area contributed by atoms with Gasteiger partial charge in [0.05, 0.1) is 30.2 Å². The number of hydrogen-bond acceptors (Lipinski definition) is 5. The maximum Gasteiger partial charge on any atom is 0.261 e. The Kier molecular flexibility index (Phi) is 5.93. The third-order valence-electron chi connectivity index (χ3n) is 5.49. The molecule has 1 N–H and O–H groups in total. The summed E-state index contributed by atoms with van der Waals surface area (Å²) in [5.41, 5.74) is 1.93. The van der Waals surface area contributed by atoms with Crippen molar-refractivity contribution in [2.75, 3.05) is 13.2 Å². The highest BCUT2D eigenvalue weighted by Gasteiger charge is 2.18. The highest BCUT2D eigenvalue weighted by atomic mass is 16.5. The molecule has 0 bridgehead atoms. The summed E-state index contributed by atoms with van der Waals surface area (Å²) < 4.78 is 13.0. The normalized spacial score (nSPS) is 13.6. The SMILES string of the molecule is CCOc1ccc([C@@H](C)NC(=O)c2ccc3c(=O)n4c(nc3c2)CCC4)cc1OCC. The summed E-state index contributed by atoms with van der Waals surface area (Å²) >= 11 is 0. The minimum atomic E-state index is -0.239. The molecular formula is C24H27N3O4. The van der Waals surface area contributed by atoms with E-state index in [1.807, 2.05) is 39.0 Å². The topological polar surface area (TPSA) is 82.5 Å². The molecule has 0 saturated heterocycles. The molecule has 1 amide bonds. The van der Waals surface area contributed by atoms with Crippen molar-refractivity contribution in [2.45, 2.75) is 46.2 Å². The largest absolute Gasteiger partial charge is 0.490 e. The number of nitrogens with zero attached hydrogens (tertiary/aromatic N) is 2. The molecule has 0 aliphatic carbocycles. The Bertz CT molecular complexity index is 1190. The average molecular weight is 421 g/mol. The van der Waals surface area contributed by atoms with E-state index in [4.69, 9.17) is 9.47 Å². The monoisotopic (exact) mass is 421 g/mol. The van der Waals surface area contributed by atoms with Crippen molar-refractivity contribution in [1.29, 1.82) is 0 Å². The van der Waals surface area contributed by atoms with Gasteiger partial charge in [-0.1, -0.05) is 6.07 Å². The third-order valence-corrected chi connectivity index (χ3v) is 5.49. The number of rotatable bonds is 7. The molecule has 0 unspecified atom stereocenters. The van der Waals surface area contributed by atoms with Crippen LogP contribution in [0, 0.1) is 0 Å². The Labute approximate surface area is 181 Å². The smallest absolute Gasteiger partial charge is 0.261 e. The number of aromatic nitrogens is 2. The summed E-state index contributed by atoms with van der Waals surface area (Å²) in [4.78, 5) is 30.1. The number of ether oxygens (including phenoxy) is 2. The number of carbonyl (C=O) groups excluding carboxylic acids is 1. The standard InChI is InChI=1S/C24H27N3O4/c1-4-30-20-11-9-16(14-21(20)31-5-2)15(3)25-23(28)17-8-10-18-19(13-17)26-22-7-6-12-27(22)24(18)29/h8-11,13-15H,4-7,12H2,1-3H3,(H,25,28)/t15-/m1/s1. The van der Waals surface area contributed by atoms with Crippen LogP contribution < -0.4 is 20.3 Å². The van der Waals surface area contributed by atoms with E-state index < -0.39 is 0 Å². The molecule has 0 saturated carbocycles. The van der Waals surface area contributed by atoms with Crippen LogP contribution in [0.5, 0.6) is 11.5 Å². The fraction of sp³-hybridized carbons (Fsp3) is 0.375. The van der Waals surface area contributed by atoms with Gasteiger partial charge in [0.2, 0.25) is 0 Å². The molecular weight excluding hydrogens is 394 g/mol. The van der Waals surface area contributed by atoms with Gasteiger partial charge in [0.15, 0.2) is 11.5 Å². The van der Waals surface area contributed by atoms with Crippen molar-refractivity contribution in [3.63, 3.8) is 0 Å². The van der Waals surface area contributed by atoms with Crippen molar-refractivity contribution in [2.24, 2.45) is 0 Å². The summed E-state index contributed by atoms with van der Waals surface area (Å²) in [6, 6.07) is 10.5. The number of fused-ring (bicyclic) bond motifs is 2. The molecule has 162 valence electrons. The molecule has 1 atom stereocenters. The molecule has 0 radical (unpaired) electrons. The van der Waals surface area contributed by atoms with Crippen LogP contribution in [0.15, 0.2) is 41.2 Å². The number of nitrogens with one attached hydrogen (secondary N) is 1. The first kappa shape index (κ1) is 20.9. The molecule has 7 nitrogen and oxygen atoms in total. The molecule has 1 aromatic heterocycles. The lowest BCUT2D eigenvalue weighted by Crippen LogP contribution is -2.27. The number of amides is 1. The van der Waals surface area contributed by atoms with Crippen LogP contribution in [-0.4, -0.2) is 28.7 Å². The lowest BCUT2D eigenvalue weighted by molar-refractivity contribution is 0.0940. The highest BCUT2D eigenvalue weighted by molar-refractivity contribution is 5.97. The third kappa shape index (κ3) is 4.13. The zero-order valence-electron chi connectivity index (χ0n) is 18.1. The highest BCUT2D eigenvalue weighted by Crippen LogP contribution is 2.31. The van der Waals surface area contributed by atoms with Gasteiger partial charge in [-0.05, 0) is 63.1 Å². The van der Waals surface area contributed by atoms with Crippen LogP contribution in [0.1, 0.15) is 55.0 Å². The zero-order chi connectivity index (χ0) is 22.0. The van der Waals surface area contributed by atoms with Gasteiger partial charge in [0.1, 0.15) is 5.82 Å². The Morgan fingerprint density at radius 3 is 2.68 bits per heavy atom. The fourth-order valence-electron chi connectivity index (χ4n) is 3.93. The quantitative estimate of drug-likeness (QED) is 0.630. The van der Waals surface area contributed by atoms with Gasteiger partial charge >= 0.3 is 0 Å². The van der Waals surface area contributed by atoms with Crippen LogP contribution in [0.3, 0.4) is 0 Å². The summed E-state index contributed by atoms with van der Waals surface area (Å²) in [5, 5.41) is 3.56. The second-order valence-corrected chi connectivity index (χ2v) is 7.59. The van der Waals surface area contributed by atoms with Crippen molar-refractivity contribution >= 4 is 16.8 Å². The fourth-order valence-corrected chi connectivity index (χ4v) is 3.93. The molecule has 0 fully saturated rings. The van der Waals surface area contributed by atoms with E-state index >= 15 is 0 Å². The van der Waals surface area contributed by atoms with Crippen molar-refractivity contribution in [1.82, 2.24) is 14.9 Å². The van der Waals surface area contributed by atoms with Crippen LogP contribution in [0.2, 0.25) is 0 Å². The average Bonchev–Trinajstić information content (AvgIpc) is 3.24. The van der Waals surface area contributed by atoms with Gasteiger partial charge in [0, 0.05) is 18.5 Å². The van der Waals surface area contributed by atoms with E-state index in [-0.39, 0.29) is 17.5 Å². The molecule has 3 aromatic rings. The second kappa shape index (κ2) is 8.79. The van der Waals surface area contributed by atoms with Gasteiger partial charge in [0.25, 0.3) is 11.5 Å². The van der Waals surface area contributed by atoms with E-state index in [1.54, 1.807) is 22.8 Å². The van der Waals surface area contributed by atoms with E-state index in [2.05, 4.69) is 10.3 Å². The van der Waals surface area contributed by atoms with Gasteiger partial charge < -0.3 is 14.8 Å². The molecule has 7 heteroatoms. The van der Waals surface area contributed by atoms with Crippen molar-refractivity contribution in [3.8, 4) is 11.5 Å². The molecule has 1 aliphatic heterocycles. The maximum atomic E-state index is 12.9. The van der Waals surface area contributed by atoms with E-state index in [0.29, 0.717) is 47.7 Å². The van der Waals surface area contributed by atoms with Gasteiger partial charge in [-0.15, -0.1) is 0 Å². The Hall–Kier alpha value is -3.35. The summed E-state index contributed by atoms with van der Waals surface area (Å²) in [5.74, 6) is 1.92. The Balaban J connectivity index is 1.56. The maximum absolute atomic E-state index is 12.9. The van der Waals surface area contributed by atoms with Crippen LogP contribution in [0.4, 0.5) is 0 Å². The molecule has 0 spiro atoms. The summed E-state index contributed by atoms with van der Waals surface area (Å²) in [6.45, 7) is 7.55. The number of carbonyl (C=O) groups is 1. The predicted molar refractivity (Wildman–Crippen MR) is 119 cm³/mol.